The molecule has 0 radical (unpaired) electrons. The van der Waals surface area contributed by atoms with E-state index < -0.39 is 49.4 Å². The Hall–Kier alpha value is -4.49. The molecule has 12 heteroatoms. The van der Waals surface area contributed by atoms with Gasteiger partial charge in [-0.25, -0.2) is 14.9 Å². The van der Waals surface area contributed by atoms with Crippen LogP contribution in [0.2, 0.25) is 0 Å². The van der Waals surface area contributed by atoms with Crippen LogP contribution in [0.3, 0.4) is 0 Å². The molecule has 2 aliphatic rings. The molecule has 208 valence electrons. The summed E-state index contributed by atoms with van der Waals surface area (Å²) in [5, 5.41) is 34.5. The fraction of sp³-hybridized carbons (Fsp3) is 0.250. The lowest BCUT2D eigenvalue weighted by molar-refractivity contribution is -0.277. The van der Waals surface area contributed by atoms with Gasteiger partial charge in [-0.3, -0.25) is 4.79 Å². The average molecular weight is 551 g/mol. The number of carbonyl (C=O) groups is 3. The van der Waals surface area contributed by atoms with E-state index in [1.165, 1.54) is 13.2 Å². The first-order chi connectivity index (χ1) is 19.2. The van der Waals surface area contributed by atoms with E-state index in [1.54, 1.807) is 17.4 Å². The number of methoxy groups -OCH3 is 1. The minimum atomic E-state index is -1.73. The Balaban J connectivity index is 1.51. The molecule has 0 saturated carbocycles. The van der Waals surface area contributed by atoms with Gasteiger partial charge in [0, 0.05) is 16.5 Å². The fourth-order valence-corrected chi connectivity index (χ4v) is 4.81. The molecule has 3 aromatic rings. The van der Waals surface area contributed by atoms with Crippen LogP contribution in [0.1, 0.15) is 15.9 Å². The van der Waals surface area contributed by atoms with Crippen molar-refractivity contribution in [3.63, 3.8) is 0 Å². The third-order valence-electron chi connectivity index (χ3n) is 6.73. The zero-order valence-electron chi connectivity index (χ0n) is 21.1. The molecule has 40 heavy (non-hydrogen) atoms. The number of aliphatic hydroxyl groups excluding tert-OH is 3. The molecular formula is C28H26N2O10. The van der Waals surface area contributed by atoms with Crippen LogP contribution in [-0.2, 0) is 14.2 Å². The number of ether oxygens (including phenoxy) is 4. The number of Topliss-reactive ketones (excluding diaryl/α,β-unsaturated/α-hetero) is 1. The van der Waals surface area contributed by atoms with Gasteiger partial charge in [0.25, 0.3) is 0 Å². The number of rotatable bonds is 6. The van der Waals surface area contributed by atoms with Crippen LogP contribution in [0.15, 0.2) is 60.4 Å². The molecule has 3 amide bonds. The topological polar surface area (TPSA) is 187 Å². The van der Waals surface area contributed by atoms with E-state index in [4.69, 9.17) is 24.7 Å². The lowest BCUT2D eigenvalue weighted by Crippen LogP contribution is -2.60. The first-order valence-corrected chi connectivity index (χ1v) is 12.2. The van der Waals surface area contributed by atoms with Gasteiger partial charge in [-0.1, -0.05) is 48.5 Å². The van der Waals surface area contributed by atoms with Crippen LogP contribution in [0.5, 0.6) is 5.75 Å². The van der Waals surface area contributed by atoms with Crippen molar-refractivity contribution in [2.75, 3.05) is 13.7 Å². The van der Waals surface area contributed by atoms with Crippen molar-refractivity contribution in [1.29, 1.82) is 0 Å². The summed E-state index contributed by atoms with van der Waals surface area (Å²) in [6.45, 7) is -0.596. The number of aliphatic hydroxyl groups is 3. The van der Waals surface area contributed by atoms with Crippen LogP contribution in [0.4, 0.5) is 9.59 Å². The van der Waals surface area contributed by atoms with Crippen molar-refractivity contribution < 1.29 is 48.7 Å². The van der Waals surface area contributed by atoms with E-state index in [-0.39, 0.29) is 17.3 Å². The monoisotopic (exact) mass is 550 g/mol. The van der Waals surface area contributed by atoms with Crippen LogP contribution in [-0.4, -0.2) is 77.6 Å². The number of benzene rings is 3. The second-order valence-electron chi connectivity index (χ2n) is 9.19. The van der Waals surface area contributed by atoms with Gasteiger partial charge in [0.2, 0.25) is 12.1 Å². The SMILES string of the molecule is COC1=Cc2c(OC3OC(COC(=O)NC(N)=O)C(O)C(O)C3O)ccc3ccc(-c4ccccc4)c(c23)C1=O. The number of hydrogen-bond acceptors (Lipinski definition) is 10. The molecule has 0 bridgehead atoms. The van der Waals surface area contributed by atoms with Crippen molar-refractivity contribution in [3.05, 3.63) is 71.5 Å². The lowest BCUT2D eigenvalue weighted by atomic mass is 9.85. The van der Waals surface area contributed by atoms with Crippen LogP contribution >= 0.6 is 0 Å². The molecule has 1 saturated heterocycles. The van der Waals surface area contributed by atoms with Gasteiger partial charge < -0.3 is 40.0 Å². The number of carbonyl (C=O) groups excluding carboxylic acids is 3. The summed E-state index contributed by atoms with van der Waals surface area (Å²) >= 11 is 0. The van der Waals surface area contributed by atoms with Gasteiger partial charge in [-0.2, -0.15) is 0 Å². The highest BCUT2D eigenvalue weighted by atomic mass is 16.7. The number of allylic oxidation sites excluding steroid dienone is 1. The molecule has 1 aliphatic heterocycles. The first-order valence-electron chi connectivity index (χ1n) is 12.2. The standard InChI is InChI=1S/C28H26N2O10/c1-37-18-11-16-17(39-26-25(34)24(33)23(32)19(40-26)12-38-28(36)30-27(29)35)10-8-14-7-9-15(13-5-3-2-4-6-13)21(20(14)16)22(18)31/h2-11,19,23-26,32-34H,12H2,1H3,(H3,29,30,35,36). The zero-order chi connectivity index (χ0) is 28.6. The van der Waals surface area contributed by atoms with Crippen molar-refractivity contribution in [3.8, 4) is 16.9 Å². The van der Waals surface area contributed by atoms with Crippen molar-refractivity contribution in [2.24, 2.45) is 5.73 Å². The summed E-state index contributed by atoms with van der Waals surface area (Å²) in [4.78, 5) is 35.9. The van der Waals surface area contributed by atoms with E-state index in [0.717, 1.165) is 10.9 Å². The second-order valence-corrected chi connectivity index (χ2v) is 9.19. The van der Waals surface area contributed by atoms with Crippen LogP contribution in [0, 0.1) is 0 Å². The van der Waals surface area contributed by atoms with Gasteiger partial charge in [-0.05, 0) is 28.7 Å². The number of amides is 3. The number of hydrogen-bond donors (Lipinski definition) is 5. The maximum Gasteiger partial charge on any atom is 0.415 e. The highest BCUT2D eigenvalue weighted by Gasteiger charge is 2.46. The van der Waals surface area contributed by atoms with Crippen molar-refractivity contribution >= 4 is 34.8 Å². The van der Waals surface area contributed by atoms with Gasteiger partial charge in [0.15, 0.2) is 5.76 Å². The maximum absolute atomic E-state index is 13.5. The third kappa shape index (κ3) is 4.96. The van der Waals surface area contributed by atoms with E-state index in [9.17, 15) is 29.7 Å². The number of alkyl carbamates (subject to hydrolysis) is 1. The predicted octanol–water partition coefficient (Wildman–Crippen LogP) is 1.68. The van der Waals surface area contributed by atoms with E-state index in [2.05, 4.69) is 0 Å². The van der Waals surface area contributed by atoms with Gasteiger partial charge in [-0.15, -0.1) is 0 Å². The van der Waals surface area contributed by atoms with Crippen molar-refractivity contribution in [1.82, 2.24) is 5.32 Å². The van der Waals surface area contributed by atoms with E-state index in [0.29, 0.717) is 22.1 Å². The number of urea groups is 1. The molecule has 6 N–H and O–H groups in total. The molecule has 3 aromatic carbocycles. The molecule has 1 fully saturated rings. The van der Waals surface area contributed by atoms with Crippen molar-refractivity contribution in [2.45, 2.75) is 30.7 Å². The molecule has 5 atom stereocenters. The quantitative estimate of drug-likeness (QED) is 0.302. The van der Waals surface area contributed by atoms with Gasteiger partial charge >= 0.3 is 12.1 Å². The maximum atomic E-state index is 13.5. The highest BCUT2D eigenvalue weighted by Crippen LogP contribution is 2.42. The minimum absolute atomic E-state index is 0.0699. The Morgan fingerprint density at radius 3 is 2.42 bits per heavy atom. The number of nitrogens with two attached hydrogens (primary N) is 1. The summed E-state index contributed by atoms with van der Waals surface area (Å²) < 4.78 is 21.9. The Bertz CT molecular complexity index is 1510. The molecule has 1 aliphatic carbocycles. The summed E-state index contributed by atoms with van der Waals surface area (Å²) in [7, 11) is 1.38. The van der Waals surface area contributed by atoms with Crippen LogP contribution < -0.4 is 15.8 Å². The fourth-order valence-electron chi connectivity index (χ4n) is 4.81. The van der Waals surface area contributed by atoms with Crippen LogP contribution in [0.25, 0.3) is 28.0 Å². The Kier molecular flexibility index (Phi) is 7.41. The molecular weight excluding hydrogens is 524 g/mol. The van der Waals surface area contributed by atoms with E-state index in [1.807, 2.05) is 42.5 Å². The molecule has 0 spiro atoms. The number of ketones is 1. The molecule has 12 nitrogen and oxygen atoms in total. The van der Waals surface area contributed by atoms with E-state index >= 15 is 0 Å². The number of primary amides is 1. The largest absolute Gasteiger partial charge is 0.493 e. The van der Waals surface area contributed by atoms with Gasteiger partial charge in [0.1, 0.15) is 36.8 Å². The first kappa shape index (κ1) is 27.1. The summed E-state index contributed by atoms with van der Waals surface area (Å²) in [5.41, 5.74) is 7.28. The second kappa shape index (κ2) is 10.9. The number of nitrogens with one attached hydrogen (secondary N) is 1. The summed E-state index contributed by atoms with van der Waals surface area (Å²) in [6.07, 6.45) is -7.58. The Labute approximate surface area is 227 Å². The molecule has 5 rings (SSSR count). The Morgan fingerprint density at radius 1 is 1.00 bits per heavy atom. The minimum Gasteiger partial charge on any atom is -0.493 e. The molecule has 5 unspecified atom stereocenters. The summed E-state index contributed by atoms with van der Waals surface area (Å²) in [5.74, 6) is -0.0455. The Morgan fingerprint density at radius 2 is 1.73 bits per heavy atom. The third-order valence-corrected chi connectivity index (χ3v) is 6.73. The molecule has 0 aromatic heterocycles. The normalized spacial score (nSPS) is 23.8. The number of imide groups is 1. The highest BCUT2D eigenvalue weighted by molar-refractivity contribution is 6.25. The smallest absolute Gasteiger partial charge is 0.415 e. The molecule has 1 heterocycles. The predicted molar refractivity (Wildman–Crippen MR) is 140 cm³/mol. The summed E-state index contributed by atoms with van der Waals surface area (Å²) in [6, 6.07) is 15.3. The van der Waals surface area contributed by atoms with Gasteiger partial charge in [0.05, 0.1) is 7.11 Å². The lowest BCUT2D eigenvalue weighted by Gasteiger charge is -2.40. The zero-order valence-corrected chi connectivity index (χ0v) is 21.1. The average Bonchev–Trinajstić information content (AvgIpc) is 2.95.